The number of nitrogens with zero attached hydrogens (tertiary/aromatic N) is 4. The number of carbonyl (C=O) groups is 1. The van der Waals surface area contributed by atoms with Gasteiger partial charge in [0.25, 0.3) is 0 Å². The van der Waals surface area contributed by atoms with Gasteiger partial charge in [0.2, 0.25) is 0 Å². The number of alkyl carbamates (subject to hydrolysis) is 1. The number of tetrazole rings is 1. The Morgan fingerprint density at radius 2 is 2.04 bits per heavy atom. The van der Waals surface area contributed by atoms with Crippen LogP contribution >= 0.6 is 0 Å². The molecule has 0 fully saturated rings. The molecule has 0 saturated carbocycles. The number of para-hydroxylation sites is 2. The molecule has 124 valence electrons. The summed E-state index contributed by atoms with van der Waals surface area (Å²) < 4.78 is 6.77. The van der Waals surface area contributed by atoms with E-state index in [1.165, 1.54) is 0 Å². The Hall–Kier alpha value is -2.64. The zero-order chi connectivity index (χ0) is 16.7. The number of benzene rings is 1. The Morgan fingerprint density at radius 1 is 1.26 bits per heavy atom. The van der Waals surface area contributed by atoms with Crippen LogP contribution in [0.2, 0.25) is 0 Å². The minimum Gasteiger partial charge on any atom is -0.444 e. The van der Waals surface area contributed by atoms with Crippen LogP contribution in [0.15, 0.2) is 30.6 Å². The van der Waals surface area contributed by atoms with E-state index in [2.05, 4.69) is 26.2 Å². The topological polar surface area (TPSA) is 94.0 Å². The third-order valence-electron chi connectivity index (χ3n) is 2.84. The van der Waals surface area contributed by atoms with Crippen LogP contribution in [0.1, 0.15) is 27.2 Å². The van der Waals surface area contributed by atoms with Crippen LogP contribution in [-0.2, 0) is 4.74 Å². The SMILES string of the molecule is CC(C)(C)OC(=O)NCCCNc1ccccc1-n1cnnn1. The number of nitrogens with one attached hydrogen (secondary N) is 2. The molecular weight excluding hydrogens is 296 g/mol. The normalized spacial score (nSPS) is 11.1. The van der Waals surface area contributed by atoms with Gasteiger partial charge in [-0.05, 0) is 49.8 Å². The molecule has 8 heteroatoms. The number of aromatic nitrogens is 4. The lowest BCUT2D eigenvalue weighted by molar-refractivity contribution is 0.0528. The highest BCUT2D eigenvalue weighted by Gasteiger charge is 2.15. The van der Waals surface area contributed by atoms with Crippen LogP contribution in [0.25, 0.3) is 5.69 Å². The summed E-state index contributed by atoms with van der Waals surface area (Å²) in [6.07, 6.45) is 1.92. The molecule has 0 radical (unpaired) electrons. The van der Waals surface area contributed by atoms with Crippen molar-refractivity contribution in [2.75, 3.05) is 18.4 Å². The number of hydrogen-bond acceptors (Lipinski definition) is 6. The monoisotopic (exact) mass is 318 g/mol. The van der Waals surface area contributed by atoms with Gasteiger partial charge in [0.05, 0.1) is 11.4 Å². The van der Waals surface area contributed by atoms with Crippen LogP contribution in [-0.4, -0.2) is 45.0 Å². The molecule has 1 amide bonds. The third-order valence-corrected chi connectivity index (χ3v) is 2.84. The molecule has 0 atom stereocenters. The van der Waals surface area contributed by atoms with Gasteiger partial charge in [0.15, 0.2) is 0 Å². The zero-order valence-corrected chi connectivity index (χ0v) is 13.6. The zero-order valence-electron chi connectivity index (χ0n) is 13.6. The molecule has 2 N–H and O–H groups in total. The van der Waals surface area contributed by atoms with Gasteiger partial charge in [-0.25, -0.2) is 4.79 Å². The molecule has 2 aromatic rings. The highest BCUT2D eigenvalue weighted by atomic mass is 16.6. The highest BCUT2D eigenvalue weighted by molar-refractivity contribution is 5.67. The lowest BCUT2D eigenvalue weighted by Gasteiger charge is -2.19. The van der Waals surface area contributed by atoms with Crippen molar-refractivity contribution in [3.05, 3.63) is 30.6 Å². The van der Waals surface area contributed by atoms with Gasteiger partial charge in [-0.3, -0.25) is 0 Å². The highest BCUT2D eigenvalue weighted by Crippen LogP contribution is 2.18. The minimum atomic E-state index is -0.479. The number of hydrogen-bond donors (Lipinski definition) is 2. The Morgan fingerprint density at radius 3 is 2.74 bits per heavy atom. The molecule has 1 heterocycles. The van der Waals surface area contributed by atoms with E-state index in [1.807, 2.05) is 45.0 Å². The fraction of sp³-hybridized carbons (Fsp3) is 0.467. The molecule has 0 spiro atoms. The maximum absolute atomic E-state index is 11.5. The molecule has 0 unspecified atom stereocenters. The van der Waals surface area contributed by atoms with E-state index in [4.69, 9.17) is 4.74 Å². The van der Waals surface area contributed by atoms with Crippen molar-refractivity contribution in [1.29, 1.82) is 0 Å². The van der Waals surface area contributed by atoms with Crippen molar-refractivity contribution in [2.24, 2.45) is 0 Å². The van der Waals surface area contributed by atoms with Gasteiger partial charge < -0.3 is 15.4 Å². The van der Waals surface area contributed by atoms with E-state index in [0.29, 0.717) is 13.1 Å². The first kappa shape index (κ1) is 16.7. The summed E-state index contributed by atoms with van der Waals surface area (Å²) in [6, 6.07) is 7.75. The predicted molar refractivity (Wildman–Crippen MR) is 86.5 cm³/mol. The molecule has 23 heavy (non-hydrogen) atoms. The molecule has 1 aromatic carbocycles. The number of rotatable bonds is 6. The fourth-order valence-corrected chi connectivity index (χ4v) is 1.91. The standard InChI is InChI=1S/C15H22N6O2/c1-15(2,3)23-14(22)17-10-6-9-16-12-7-4-5-8-13(12)21-11-18-19-20-21/h4-5,7-8,11,16H,6,9-10H2,1-3H3,(H,17,22). The number of amides is 1. The summed E-state index contributed by atoms with van der Waals surface area (Å²) in [5, 5.41) is 17.2. The number of ether oxygens (including phenoxy) is 1. The lowest BCUT2D eigenvalue weighted by atomic mass is 10.2. The second kappa shape index (κ2) is 7.57. The Balaban J connectivity index is 1.76. The average molecular weight is 318 g/mol. The molecule has 0 aliphatic carbocycles. The summed E-state index contributed by atoms with van der Waals surface area (Å²) >= 11 is 0. The Kier molecular flexibility index (Phi) is 5.51. The predicted octanol–water partition coefficient (Wildman–Crippen LogP) is 1.99. The van der Waals surface area contributed by atoms with Gasteiger partial charge in [-0.1, -0.05) is 12.1 Å². The third kappa shape index (κ3) is 5.57. The van der Waals surface area contributed by atoms with Crippen LogP contribution in [0, 0.1) is 0 Å². The van der Waals surface area contributed by atoms with Crippen LogP contribution < -0.4 is 10.6 Å². The molecule has 1 aromatic heterocycles. The van der Waals surface area contributed by atoms with Gasteiger partial charge in [-0.2, -0.15) is 4.68 Å². The van der Waals surface area contributed by atoms with E-state index in [-0.39, 0.29) is 0 Å². The minimum absolute atomic E-state index is 0.397. The van der Waals surface area contributed by atoms with Gasteiger partial charge in [-0.15, -0.1) is 5.10 Å². The largest absolute Gasteiger partial charge is 0.444 e. The van der Waals surface area contributed by atoms with E-state index in [0.717, 1.165) is 17.8 Å². The van der Waals surface area contributed by atoms with Gasteiger partial charge >= 0.3 is 6.09 Å². The van der Waals surface area contributed by atoms with Crippen molar-refractivity contribution in [1.82, 2.24) is 25.5 Å². The number of anilines is 1. The molecule has 8 nitrogen and oxygen atoms in total. The van der Waals surface area contributed by atoms with Crippen LogP contribution in [0.3, 0.4) is 0 Å². The van der Waals surface area contributed by atoms with Crippen molar-refractivity contribution in [3.63, 3.8) is 0 Å². The molecule has 0 bridgehead atoms. The Labute approximate surface area is 135 Å². The quantitative estimate of drug-likeness (QED) is 0.791. The van der Waals surface area contributed by atoms with Gasteiger partial charge in [0.1, 0.15) is 11.9 Å². The van der Waals surface area contributed by atoms with Crippen LogP contribution in [0.5, 0.6) is 0 Å². The molecule has 0 aliphatic rings. The van der Waals surface area contributed by atoms with E-state index in [9.17, 15) is 4.79 Å². The second-order valence-corrected chi connectivity index (χ2v) is 5.98. The Bertz CT molecular complexity index is 621. The van der Waals surface area contributed by atoms with Crippen molar-refractivity contribution in [2.45, 2.75) is 32.8 Å². The summed E-state index contributed by atoms with van der Waals surface area (Å²) in [5.41, 5.74) is 1.32. The van der Waals surface area contributed by atoms with Crippen molar-refractivity contribution in [3.8, 4) is 5.69 Å². The summed E-state index contributed by atoms with van der Waals surface area (Å²) in [4.78, 5) is 11.5. The second-order valence-electron chi connectivity index (χ2n) is 5.98. The fourth-order valence-electron chi connectivity index (χ4n) is 1.91. The summed E-state index contributed by atoms with van der Waals surface area (Å²) in [6.45, 7) is 6.75. The van der Waals surface area contributed by atoms with Gasteiger partial charge in [0, 0.05) is 13.1 Å². The molecule has 0 saturated heterocycles. The van der Waals surface area contributed by atoms with E-state index < -0.39 is 11.7 Å². The summed E-state index contributed by atoms with van der Waals surface area (Å²) in [5.74, 6) is 0. The van der Waals surface area contributed by atoms with Crippen molar-refractivity contribution < 1.29 is 9.53 Å². The maximum Gasteiger partial charge on any atom is 0.407 e. The maximum atomic E-state index is 11.5. The van der Waals surface area contributed by atoms with E-state index in [1.54, 1.807) is 11.0 Å². The molecule has 2 rings (SSSR count). The van der Waals surface area contributed by atoms with E-state index >= 15 is 0 Å². The average Bonchev–Trinajstić information content (AvgIpc) is 2.99. The lowest BCUT2D eigenvalue weighted by Crippen LogP contribution is -2.33. The first-order chi connectivity index (χ1) is 11.0. The smallest absolute Gasteiger partial charge is 0.407 e. The number of carbonyl (C=O) groups excluding carboxylic acids is 1. The molecule has 0 aliphatic heterocycles. The van der Waals surface area contributed by atoms with Crippen molar-refractivity contribution >= 4 is 11.8 Å². The first-order valence-electron chi connectivity index (χ1n) is 7.49. The first-order valence-corrected chi connectivity index (χ1v) is 7.49. The molecular formula is C15H22N6O2. The summed E-state index contributed by atoms with van der Waals surface area (Å²) in [7, 11) is 0. The van der Waals surface area contributed by atoms with Crippen LogP contribution in [0.4, 0.5) is 10.5 Å².